The molecule has 0 saturated carbocycles. The highest BCUT2D eigenvalue weighted by Gasteiger charge is 2.25. The zero-order valence-electron chi connectivity index (χ0n) is 16.1. The third-order valence-corrected chi connectivity index (χ3v) is 5.52. The first kappa shape index (κ1) is 17.5. The summed E-state index contributed by atoms with van der Waals surface area (Å²) in [6.45, 7) is 6.61. The van der Waals surface area contributed by atoms with E-state index in [9.17, 15) is 4.79 Å². The van der Waals surface area contributed by atoms with Gasteiger partial charge in [0.05, 0.1) is 7.11 Å². The molecule has 3 aromatic rings. The molecule has 0 amide bonds. The van der Waals surface area contributed by atoms with Gasteiger partial charge in [-0.15, -0.1) is 0 Å². The summed E-state index contributed by atoms with van der Waals surface area (Å²) >= 11 is 0. The van der Waals surface area contributed by atoms with Crippen molar-refractivity contribution in [2.45, 2.75) is 27.2 Å². The summed E-state index contributed by atoms with van der Waals surface area (Å²) < 4.78 is 6.59. The Morgan fingerprint density at radius 3 is 2.93 bits per heavy atom. The lowest BCUT2D eigenvalue weighted by molar-refractivity contribution is 0.361. The van der Waals surface area contributed by atoms with Gasteiger partial charge in [0.25, 0.3) is 5.56 Å². The fourth-order valence-electron chi connectivity index (χ4n) is 4.16. The first-order valence-corrected chi connectivity index (χ1v) is 9.26. The van der Waals surface area contributed by atoms with Crippen LogP contribution in [0.5, 0.6) is 5.75 Å². The maximum absolute atomic E-state index is 12.9. The van der Waals surface area contributed by atoms with Gasteiger partial charge in [0.2, 0.25) is 0 Å². The number of nitrogens with zero attached hydrogens (tertiary/aromatic N) is 3. The number of hydrogen-bond donors (Lipinski definition) is 1. The molecule has 0 aliphatic heterocycles. The van der Waals surface area contributed by atoms with Crippen molar-refractivity contribution in [2.75, 3.05) is 7.11 Å². The summed E-state index contributed by atoms with van der Waals surface area (Å²) in [5, 5.41) is 5.32. The van der Waals surface area contributed by atoms with Crippen LogP contribution in [0.4, 0.5) is 0 Å². The molecule has 2 aromatic heterocycles. The van der Waals surface area contributed by atoms with Gasteiger partial charge in [-0.25, -0.2) is 4.98 Å². The smallest absolute Gasteiger partial charge is 0.298 e. The SMILES string of the molecule is COc1ccc2[nH]c3c(=O)n(/N=C\[C@H]4[C@H](C)C=C(C)C[C@@H]4C)cnc3c2c1. The van der Waals surface area contributed by atoms with Gasteiger partial charge in [0, 0.05) is 23.0 Å². The zero-order chi connectivity index (χ0) is 19.1. The lowest BCUT2D eigenvalue weighted by Gasteiger charge is -2.29. The van der Waals surface area contributed by atoms with Crippen molar-refractivity contribution < 1.29 is 4.74 Å². The highest BCUT2D eigenvalue weighted by molar-refractivity contribution is 6.04. The predicted molar refractivity (Wildman–Crippen MR) is 108 cm³/mol. The van der Waals surface area contributed by atoms with E-state index in [0.29, 0.717) is 28.8 Å². The van der Waals surface area contributed by atoms with Gasteiger partial charge in [-0.1, -0.05) is 25.5 Å². The topological polar surface area (TPSA) is 72.3 Å². The molecule has 0 saturated heterocycles. The molecule has 0 fully saturated rings. The number of aromatic amines is 1. The molecule has 3 atom stereocenters. The van der Waals surface area contributed by atoms with Crippen LogP contribution in [0.15, 0.2) is 46.1 Å². The summed E-state index contributed by atoms with van der Waals surface area (Å²) in [4.78, 5) is 20.5. The number of fused-ring (bicyclic) bond motifs is 3. The maximum atomic E-state index is 12.9. The zero-order valence-corrected chi connectivity index (χ0v) is 16.1. The molecule has 27 heavy (non-hydrogen) atoms. The van der Waals surface area contributed by atoms with Gasteiger partial charge in [-0.2, -0.15) is 9.78 Å². The van der Waals surface area contributed by atoms with Gasteiger partial charge in [0.15, 0.2) is 0 Å². The van der Waals surface area contributed by atoms with E-state index in [2.05, 4.69) is 41.9 Å². The molecule has 140 valence electrons. The van der Waals surface area contributed by atoms with Crippen LogP contribution in [0, 0.1) is 17.8 Å². The minimum atomic E-state index is -0.200. The minimum Gasteiger partial charge on any atom is -0.497 e. The Kier molecular flexibility index (Phi) is 4.34. The molecule has 0 spiro atoms. The molecular weight excluding hydrogens is 340 g/mol. The predicted octanol–water partition coefficient (Wildman–Crippen LogP) is 3.96. The van der Waals surface area contributed by atoms with Crippen LogP contribution < -0.4 is 10.3 Å². The third kappa shape index (κ3) is 3.05. The Hall–Kier alpha value is -2.89. The second-order valence-electron chi connectivity index (χ2n) is 7.55. The molecule has 4 rings (SSSR count). The lowest BCUT2D eigenvalue weighted by atomic mass is 9.76. The van der Waals surface area contributed by atoms with E-state index in [1.54, 1.807) is 7.11 Å². The van der Waals surface area contributed by atoms with Crippen LogP contribution >= 0.6 is 0 Å². The van der Waals surface area contributed by atoms with E-state index < -0.39 is 0 Å². The van der Waals surface area contributed by atoms with Crippen LogP contribution in [0.25, 0.3) is 21.9 Å². The number of aromatic nitrogens is 3. The summed E-state index contributed by atoms with van der Waals surface area (Å²) in [7, 11) is 1.62. The summed E-state index contributed by atoms with van der Waals surface area (Å²) in [5.74, 6) is 1.95. The Bertz CT molecular complexity index is 1120. The van der Waals surface area contributed by atoms with Crippen molar-refractivity contribution in [3.63, 3.8) is 0 Å². The van der Waals surface area contributed by atoms with Crippen LogP contribution in [-0.2, 0) is 0 Å². The molecular formula is C21H24N4O2. The van der Waals surface area contributed by atoms with Gasteiger partial charge in [-0.05, 0) is 43.4 Å². The van der Waals surface area contributed by atoms with Crippen molar-refractivity contribution in [3.05, 3.63) is 46.5 Å². The summed E-state index contributed by atoms with van der Waals surface area (Å²) in [6.07, 6.45) is 6.76. The summed E-state index contributed by atoms with van der Waals surface area (Å²) in [6, 6.07) is 5.63. The third-order valence-electron chi connectivity index (χ3n) is 5.52. The van der Waals surface area contributed by atoms with E-state index in [1.165, 1.54) is 16.6 Å². The van der Waals surface area contributed by atoms with Gasteiger partial charge < -0.3 is 9.72 Å². The van der Waals surface area contributed by atoms with E-state index in [4.69, 9.17) is 4.74 Å². The number of H-pyrrole nitrogens is 1. The molecule has 1 aliphatic carbocycles. The van der Waals surface area contributed by atoms with Crippen molar-refractivity contribution in [3.8, 4) is 5.75 Å². The molecule has 1 aromatic carbocycles. The average molecular weight is 364 g/mol. The number of allylic oxidation sites excluding steroid dienone is 2. The molecule has 0 bridgehead atoms. The lowest BCUT2D eigenvalue weighted by Crippen LogP contribution is -2.26. The first-order valence-electron chi connectivity index (χ1n) is 9.26. The highest BCUT2D eigenvalue weighted by atomic mass is 16.5. The van der Waals surface area contributed by atoms with Crippen molar-refractivity contribution in [1.82, 2.24) is 14.6 Å². The van der Waals surface area contributed by atoms with Crippen LogP contribution in [0.3, 0.4) is 0 Å². The fraction of sp³-hybridized carbons (Fsp3) is 0.381. The normalized spacial score (nSPS) is 23.3. The largest absolute Gasteiger partial charge is 0.497 e. The average Bonchev–Trinajstić information content (AvgIpc) is 3.01. The number of benzene rings is 1. The molecule has 1 N–H and O–H groups in total. The van der Waals surface area contributed by atoms with E-state index >= 15 is 0 Å². The minimum absolute atomic E-state index is 0.200. The molecule has 2 heterocycles. The Labute approximate surface area is 157 Å². The number of hydrogen-bond acceptors (Lipinski definition) is 4. The van der Waals surface area contributed by atoms with Crippen LogP contribution in [-0.4, -0.2) is 28.0 Å². The molecule has 0 radical (unpaired) electrons. The molecule has 0 unspecified atom stereocenters. The first-order chi connectivity index (χ1) is 13.0. The Morgan fingerprint density at radius 1 is 1.37 bits per heavy atom. The van der Waals surface area contributed by atoms with Crippen molar-refractivity contribution >= 4 is 28.2 Å². The second-order valence-corrected chi connectivity index (χ2v) is 7.55. The van der Waals surface area contributed by atoms with Gasteiger partial charge >= 0.3 is 0 Å². The highest BCUT2D eigenvalue weighted by Crippen LogP contribution is 2.32. The van der Waals surface area contributed by atoms with Gasteiger partial charge in [0.1, 0.15) is 23.1 Å². The van der Waals surface area contributed by atoms with E-state index in [1.807, 2.05) is 24.4 Å². The number of rotatable bonds is 3. The fourth-order valence-corrected chi connectivity index (χ4v) is 4.16. The van der Waals surface area contributed by atoms with E-state index in [-0.39, 0.29) is 5.56 Å². The molecule has 6 heteroatoms. The van der Waals surface area contributed by atoms with Crippen molar-refractivity contribution in [2.24, 2.45) is 22.9 Å². The Morgan fingerprint density at radius 2 is 2.19 bits per heavy atom. The quantitative estimate of drug-likeness (QED) is 0.565. The number of nitrogens with one attached hydrogen (secondary N) is 1. The van der Waals surface area contributed by atoms with Gasteiger partial charge in [-0.3, -0.25) is 4.79 Å². The molecule has 6 nitrogen and oxygen atoms in total. The summed E-state index contributed by atoms with van der Waals surface area (Å²) in [5.41, 5.74) is 3.17. The number of methoxy groups -OCH3 is 1. The standard InChI is InChI=1S/C21H24N4O2/c1-12-7-13(2)17(14(3)8-12)10-23-25-11-22-19-16-9-15(27-4)5-6-18(16)24-20(19)21(25)26/h5-7,9-11,13-14,17,24H,8H2,1-4H3/b23-10-/t13-,14+,17+/m1/s1. The second kappa shape index (κ2) is 6.68. The van der Waals surface area contributed by atoms with E-state index in [0.717, 1.165) is 23.1 Å². The van der Waals surface area contributed by atoms with Crippen molar-refractivity contribution in [1.29, 1.82) is 0 Å². The Balaban J connectivity index is 1.74. The molecule has 1 aliphatic rings. The van der Waals surface area contributed by atoms with Crippen LogP contribution in [0.2, 0.25) is 0 Å². The maximum Gasteiger partial charge on any atom is 0.298 e. The monoisotopic (exact) mass is 364 g/mol. The van der Waals surface area contributed by atoms with Crippen LogP contribution in [0.1, 0.15) is 27.2 Å². The number of ether oxygens (including phenoxy) is 1.